The summed E-state index contributed by atoms with van der Waals surface area (Å²) in [4.78, 5) is 12.4. The Hall–Kier alpha value is -1.38. The van der Waals surface area contributed by atoms with E-state index in [1.54, 1.807) is 0 Å². The number of hydrogen-bond acceptors (Lipinski definition) is 2. The van der Waals surface area contributed by atoms with Gasteiger partial charge in [-0.05, 0) is 42.8 Å². The summed E-state index contributed by atoms with van der Waals surface area (Å²) < 4.78 is 0. The molecule has 0 saturated carbocycles. The number of ketones is 1. The van der Waals surface area contributed by atoms with Crippen molar-refractivity contribution in [2.45, 2.75) is 12.8 Å². The molecule has 1 heterocycles. The van der Waals surface area contributed by atoms with Gasteiger partial charge < -0.3 is 5.32 Å². The first kappa shape index (κ1) is 14.0. The highest BCUT2D eigenvalue weighted by Gasteiger charge is 2.22. The number of hydrogen-bond donors (Lipinski definition) is 1. The maximum absolute atomic E-state index is 12.4. The normalized spacial score (nSPS) is 16.0. The Morgan fingerprint density at radius 2 is 1.68 bits per heavy atom. The van der Waals surface area contributed by atoms with Crippen molar-refractivity contribution >= 4 is 29.0 Å². The van der Waals surface area contributed by atoms with E-state index < -0.39 is 0 Å². The Morgan fingerprint density at radius 1 is 1.00 bits per heavy atom. The SMILES string of the molecule is Cl.O=C(c1ccc2ccccc2c1)C1CCNCC1. The summed E-state index contributed by atoms with van der Waals surface area (Å²) in [7, 11) is 0. The van der Waals surface area contributed by atoms with Crippen LogP contribution in [-0.2, 0) is 0 Å². The zero-order valence-corrected chi connectivity index (χ0v) is 11.6. The highest BCUT2D eigenvalue weighted by Crippen LogP contribution is 2.21. The summed E-state index contributed by atoms with van der Waals surface area (Å²) in [6.07, 6.45) is 1.93. The van der Waals surface area contributed by atoms with Crippen LogP contribution in [0.15, 0.2) is 42.5 Å². The third kappa shape index (κ3) is 2.96. The predicted octanol–water partition coefficient (Wildman–Crippen LogP) is 3.44. The van der Waals surface area contributed by atoms with Crippen LogP contribution in [0.5, 0.6) is 0 Å². The number of halogens is 1. The van der Waals surface area contributed by atoms with Crippen LogP contribution in [0.25, 0.3) is 10.8 Å². The summed E-state index contributed by atoms with van der Waals surface area (Å²) in [6, 6.07) is 14.2. The van der Waals surface area contributed by atoms with Crippen molar-refractivity contribution in [1.82, 2.24) is 5.32 Å². The van der Waals surface area contributed by atoms with E-state index in [1.165, 1.54) is 5.39 Å². The maximum atomic E-state index is 12.4. The van der Waals surface area contributed by atoms with Crippen molar-refractivity contribution in [3.8, 4) is 0 Å². The number of nitrogens with one attached hydrogen (secondary N) is 1. The van der Waals surface area contributed by atoms with Crippen molar-refractivity contribution < 1.29 is 4.79 Å². The Labute approximate surface area is 119 Å². The van der Waals surface area contributed by atoms with Gasteiger partial charge in [0.2, 0.25) is 0 Å². The monoisotopic (exact) mass is 275 g/mol. The smallest absolute Gasteiger partial charge is 0.166 e. The molecule has 2 aromatic carbocycles. The van der Waals surface area contributed by atoms with E-state index in [-0.39, 0.29) is 18.3 Å². The van der Waals surface area contributed by atoms with Crippen LogP contribution in [0.4, 0.5) is 0 Å². The fraction of sp³-hybridized carbons (Fsp3) is 0.312. The van der Waals surface area contributed by atoms with Gasteiger partial charge in [-0.15, -0.1) is 12.4 Å². The van der Waals surface area contributed by atoms with Gasteiger partial charge in [-0.3, -0.25) is 4.79 Å². The molecule has 2 nitrogen and oxygen atoms in total. The molecule has 0 aliphatic carbocycles. The fourth-order valence-corrected chi connectivity index (χ4v) is 2.66. The van der Waals surface area contributed by atoms with Gasteiger partial charge in [0.25, 0.3) is 0 Å². The van der Waals surface area contributed by atoms with Crippen molar-refractivity contribution in [3.05, 3.63) is 48.0 Å². The molecule has 2 aromatic rings. The molecule has 1 aliphatic rings. The van der Waals surface area contributed by atoms with Crippen LogP contribution in [0.2, 0.25) is 0 Å². The molecule has 1 aliphatic heterocycles. The zero-order chi connectivity index (χ0) is 12.4. The molecule has 1 saturated heterocycles. The number of carbonyl (C=O) groups excluding carboxylic acids is 1. The summed E-state index contributed by atoms with van der Waals surface area (Å²) in [5, 5.41) is 5.64. The lowest BCUT2D eigenvalue weighted by Crippen LogP contribution is -2.31. The molecule has 1 fully saturated rings. The van der Waals surface area contributed by atoms with Gasteiger partial charge in [-0.1, -0.05) is 36.4 Å². The highest BCUT2D eigenvalue weighted by molar-refractivity contribution is 6.01. The molecular weight excluding hydrogens is 258 g/mol. The Kier molecular flexibility index (Phi) is 4.56. The number of benzene rings is 2. The summed E-state index contributed by atoms with van der Waals surface area (Å²) >= 11 is 0. The molecule has 1 N–H and O–H groups in total. The van der Waals surface area contributed by atoms with Crippen molar-refractivity contribution in [2.24, 2.45) is 5.92 Å². The van der Waals surface area contributed by atoms with Gasteiger partial charge in [0.1, 0.15) is 0 Å². The second-order valence-electron chi connectivity index (χ2n) is 4.95. The molecule has 19 heavy (non-hydrogen) atoms. The summed E-state index contributed by atoms with van der Waals surface area (Å²) in [5.41, 5.74) is 0.862. The molecule has 0 radical (unpaired) electrons. The molecule has 0 unspecified atom stereocenters. The zero-order valence-electron chi connectivity index (χ0n) is 10.8. The van der Waals surface area contributed by atoms with Gasteiger partial charge in [0, 0.05) is 11.5 Å². The quantitative estimate of drug-likeness (QED) is 0.851. The Morgan fingerprint density at radius 3 is 2.42 bits per heavy atom. The van der Waals surface area contributed by atoms with E-state index >= 15 is 0 Å². The van der Waals surface area contributed by atoms with Crippen LogP contribution in [0.3, 0.4) is 0 Å². The molecule has 0 aromatic heterocycles. The Balaban J connectivity index is 0.00000133. The minimum atomic E-state index is 0. The summed E-state index contributed by atoms with van der Waals surface area (Å²) in [6.45, 7) is 1.92. The van der Waals surface area contributed by atoms with E-state index in [9.17, 15) is 4.79 Å². The fourth-order valence-electron chi connectivity index (χ4n) is 2.66. The first-order chi connectivity index (χ1) is 8.84. The van der Waals surface area contributed by atoms with Gasteiger partial charge in [-0.2, -0.15) is 0 Å². The maximum Gasteiger partial charge on any atom is 0.166 e. The molecule has 3 heteroatoms. The average molecular weight is 276 g/mol. The van der Waals surface area contributed by atoms with Crippen LogP contribution in [0, 0.1) is 5.92 Å². The molecule has 0 amide bonds. The number of fused-ring (bicyclic) bond motifs is 1. The van der Waals surface area contributed by atoms with Gasteiger partial charge in [-0.25, -0.2) is 0 Å². The molecule has 0 atom stereocenters. The van der Waals surface area contributed by atoms with Crippen molar-refractivity contribution in [2.75, 3.05) is 13.1 Å². The second kappa shape index (κ2) is 6.18. The van der Waals surface area contributed by atoms with E-state index in [2.05, 4.69) is 17.4 Å². The Bertz CT molecular complexity index is 576. The van der Waals surface area contributed by atoms with E-state index in [0.29, 0.717) is 5.78 Å². The van der Waals surface area contributed by atoms with Crippen LogP contribution in [-0.4, -0.2) is 18.9 Å². The molecule has 0 spiro atoms. The third-order valence-electron chi connectivity index (χ3n) is 3.74. The van der Waals surface area contributed by atoms with Gasteiger partial charge >= 0.3 is 0 Å². The minimum absolute atomic E-state index is 0. The number of rotatable bonds is 2. The van der Waals surface area contributed by atoms with E-state index in [1.807, 2.05) is 30.3 Å². The highest BCUT2D eigenvalue weighted by atomic mass is 35.5. The van der Waals surface area contributed by atoms with Crippen LogP contribution >= 0.6 is 12.4 Å². The minimum Gasteiger partial charge on any atom is -0.317 e. The molecule has 100 valence electrons. The van der Waals surface area contributed by atoms with Crippen molar-refractivity contribution in [1.29, 1.82) is 0 Å². The molecule has 3 rings (SSSR count). The first-order valence-electron chi connectivity index (χ1n) is 6.58. The second-order valence-corrected chi connectivity index (χ2v) is 4.95. The molecular formula is C16H18ClNO. The topological polar surface area (TPSA) is 29.1 Å². The van der Waals surface area contributed by atoms with E-state index in [0.717, 1.165) is 36.9 Å². The standard InChI is InChI=1S/C16H17NO.ClH/c18-16(13-7-9-17-10-8-13)15-6-5-12-3-1-2-4-14(12)11-15;/h1-6,11,13,17H,7-10H2;1H. The van der Waals surface area contributed by atoms with E-state index in [4.69, 9.17) is 0 Å². The average Bonchev–Trinajstić information content (AvgIpc) is 2.47. The molecule has 0 bridgehead atoms. The predicted molar refractivity (Wildman–Crippen MR) is 81.1 cm³/mol. The third-order valence-corrected chi connectivity index (χ3v) is 3.74. The number of carbonyl (C=O) groups is 1. The van der Waals surface area contributed by atoms with Crippen LogP contribution in [0.1, 0.15) is 23.2 Å². The van der Waals surface area contributed by atoms with Crippen LogP contribution < -0.4 is 5.32 Å². The first-order valence-corrected chi connectivity index (χ1v) is 6.58. The van der Waals surface area contributed by atoms with Gasteiger partial charge in [0.05, 0.1) is 0 Å². The van der Waals surface area contributed by atoms with Gasteiger partial charge in [0.15, 0.2) is 5.78 Å². The lowest BCUT2D eigenvalue weighted by atomic mass is 9.89. The lowest BCUT2D eigenvalue weighted by molar-refractivity contribution is 0.0895. The lowest BCUT2D eigenvalue weighted by Gasteiger charge is -2.21. The number of Topliss-reactive ketones (excluding diaryl/α,β-unsaturated/α-hetero) is 1. The summed E-state index contributed by atoms with van der Waals surface area (Å²) in [5.74, 6) is 0.509. The largest absolute Gasteiger partial charge is 0.317 e. The van der Waals surface area contributed by atoms with Crippen molar-refractivity contribution in [3.63, 3.8) is 0 Å². The number of piperidine rings is 1.